The fourth-order valence-corrected chi connectivity index (χ4v) is 2.69. The number of aromatic nitrogens is 1. The van der Waals surface area contributed by atoms with E-state index in [1.807, 2.05) is 12.1 Å². The molecule has 6 heteroatoms. The lowest BCUT2D eigenvalue weighted by Gasteiger charge is -1.90. The minimum Gasteiger partial charge on any atom is -0.389 e. The summed E-state index contributed by atoms with van der Waals surface area (Å²) in [6.07, 6.45) is 0. The molecule has 0 saturated carbocycles. The van der Waals surface area contributed by atoms with Crippen molar-refractivity contribution in [3.63, 3.8) is 0 Å². The Morgan fingerprint density at radius 3 is 2.46 bits per heavy atom. The largest absolute Gasteiger partial charge is 0.389 e. The van der Waals surface area contributed by atoms with Crippen LogP contribution in [0.5, 0.6) is 0 Å². The van der Waals surface area contributed by atoms with Crippen LogP contribution in [0.25, 0.3) is 10.6 Å². The van der Waals surface area contributed by atoms with Crippen molar-refractivity contribution in [2.75, 3.05) is 11.5 Å². The van der Waals surface area contributed by atoms with Crippen LogP contribution in [-0.4, -0.2) is 4.98 Å². The molecule has 0 unspecified atom stereocenters. The minimum atomic E-state index is 0.483. The molecule has 68 valence electrons. The summed E-state index contributed by atoms with van der Waals surface area (Å²) in [5, 5.41) is 1.12. The van der Waals surface area contributed by atoms with Crippen LogP contribution in [0.3, 0.4) is 0 Å². The van der Waals surface area contributed by atoms with Gasteiger partial charge in [0.15, 0.2) is 5.13 Å². The Bertz CT molecular complexity index is 435. The van der Waals surface area contributed by atoms with Gasteiger partial charge in [-0.3, -0.25) is 0 Å². The number of nitrogen functional groups attached to an aromatic ring is 2. The Balaban J connectivity index is 2.51. The molecule has 3 nitrogen and oxygen atoms in total. The second-order valence-corrected chi connectivity index (χ2v) is 5.15. The summed E-state index contributed by atoms with van der Waals surface area (Å²) in [4.78, 5) is 5.07. The number of thiazole rings is 1. The van der Waals surface area contributed by atoms with E-state index in [9.17, 15) is 0 Å². The monoisotopic (exact) mass is 231 g/mol. The molecule has 0 bridgehead atoms. The van der Waals surface area contributed by atoms with Crippen molar-refractivity contribution in [2.45, 2.75) is 0 Å². The fraction of sp³-hybridized carbons (Fsp3) is 0. The van der Waals surface area contributed by atoms with Gasteiger partial charge in [0.25, 0.3) is 0 Å². The van der Waals surface area contributed by atoms with Crippen LogP contribution in [0.15, 0.2) is 12.1 Å². The molecule has 2 heterocycles. The third-order valence-corrected chi connectivity index (χ3v) is 3.43. The van der Waals surface area contributed by atoms with Crippen LogP contribution < -0.4 is 11.5 Å². The molecule has 0 radical (unpaired) electrons. The SMILES string of the molecule is Nc1nc(-c2ccc(Cl)s2)c(N)s1. The molecule has 0 saturated heterocycles. The van der Waals surface area contributed by atoms with Crippen molar-refractivity contribution in [3.8, 4) is 10.6 Å². The first kappa shape index (κ1) is 8.80. The molecule has 13 heavy (non-hydrogen) atoms. The second-order valence-electron chi connectivity index (χ2n) is 2.37. The highest BCUT2D eigenvalue weighted by molar-refractivity contribution is 7.22. The molecule has 0 aliphatic carbocycles. The maximum atomic E-state index is 5.79. The topological polar surface area (TPSA) is 64.9 Å². The van der Waals surface area contributed by atoms with Crippen LogP contribution in [0.1, 0.15) is 0 Å². The Morgan fingerprint density at radius 1 is 1.23 bits per heavy atom. The van der Waals surface area contributed by atoms with Crippen LogP contribution in [0.2, 0.25) is 4.34 Å². The normalized spacial score (nSPS) is 10.5. The smallest absolute Gasteiger partial charge is 0.182 e. The number of rotatable bonds is 1. The van der Waals surface area contributed by atoms with Gasteiger partial charge in [0.1, 0.15) is 10.7 Å². The lowest BCUT2D eigenvalue weighted by molar-refractivity contribution is 1.43. The zero-order valence-corrected chi connectivity index (χ0v) is 8.84. The molecular formula is C7H6ClN3S2. The van der Waals surface area contributed by atoms with Gasteiger partial charge in [0, 0.05) is 0 Å². The predicted octanol–water partition coefficient (Wildman–Crippen LogP) is 2.69. The van der Waals surface area contributed by atoms with E-state index >= 15 is 0 Å². The van der Waals surface area contributed by atoms with Gasteiger partial charge in [0.2, 0.25) is 0 Å². The fourth-order valence-electron chi connectivity index (χ4n) is 0.967. The molecule has 0 aliphatic rings. The molecule has 4 N–H and O–H groups in total. The van der Waals surface area contributed by atoms with Crippen molar-refractivity contribution in [2.24, 2.45) is 0 Å². The maximum absolute atomic E-state index is 5.79. The van der Waals surface area contributed by atoms with Gasteiger partial charge in [-0.15, -0.1) is 11.3 Å². The van der Waals surface area contributed by atoms with Gasteiger partial charge >= 0.3 is 0 Å². The molecular weight excluding hydrogens is 226 g/mol. The average Bonchev–Trinajstić information content (AvgIpc) is 2.58. The van der Waals surface area contributed by atoms with E-state index in [4.69, 9.17) is 23.1 Å². The van der Waals surface area contributed by atoms with Gasteiger partial charge in [0.05, 0.1) is 9.21 Å². The average molecular weight is 232 g/mol. The number of thiophene rings is 1. The van der Waals surface area contributed by atoms with E-state index in [2.05, 4.69) is 4.98 Å². The highest BCUT2D eigenvalue weighted by atomic mass is 35.5. The Hall–Kier alpha value is -0.780. The van der Waals surface area contributed by atoms with E-state index in [-0.39, 0.29) is 0 Å². The molecule has 0 spiro atoms. The van der Waals surface area contributed by atoms with Crippen LogP contribution >= 0.6 is 34.3 Å². The van der Waals surface area contributed by atoms with Gasteiger partial charge < -0.3 is 11.5 Å². The highest BCUT2D eigenvalue weighted by Gasteiger charge is 2.10. The highest BCUT2D eigenvalue weighted by Crippen LogP contribution is 2.37. The summed E-state index contributed by atoms with van der Waals surface area (Å²) >= 11 is 8.52. The van der Waals surface area contributed by atoms with Gasteiger partial charge in [-0.2, -0.15) is 0 Å². The van der Waals surface area contributed by atoms with E-state index in [1.165, 1.54) is 22.7 Å². The minimum absolute atomic E-state index is 0.483. The molecule has 0 aromatic carbocycles. The number of nitrogens with zero attached hydrogens (tertiary/aromatic N) is 1. The zero-order valence-electron chi connectivity index (χ0n) is 6.45. The third-order valence-electron chi connectivity index (χ3n) is 1.48. The number of hydrogen-bond donors (Lipinski definition) is 2. The zero-order chi connectivity index (χ0) is 9.42. The Kier molecular flexibility index (Phi) is 2.15. The molecule has 2 rings (SSSR count). The Labute approximate surface area is 88.0 Å². The summed E-state index contributed by atoms with van der Waals surface area (Å²) in [7, 11) is 0. The Morgan fingerprint density at radius 2 is 2.00 bits per heavy atom. The maximum Gasteiger partial charge on any atom is 0.182 e. The van der Waals surface area contributed by atoms with Gasteiger partial charge in [-0.1, -0.05) is 22.9 Å². The quantitative estimate of drug-likeness (QED) is 0.793. The summed E-state index contributed by atoms with van der Waals surface area (Å²) < 4.78 is 0.723. The summed E-state index contributed by atoms with van der Waals surface area (Å²) in [6, 6.07) is 3.70. The first-order valence-electron chi connectivity index (χ1n) is 3.44. The predicted molar refractivity (Wildman–Crippen MR) is 59.3 cm³/mol. The number of hydrogen-bond acceptors (Lipinski definition) is 5. The van der Waals surface area contributed by atoms with E-state index in [0.29, 0.717) is 10.1 Å². The number of halogens is 1. The van der Waals surface area contributed by atoms with Gasteiger partial charge in [-0.25, -0.2) is 4.98 Å². The van der Waals surface area contributed by atoms with Crippen molar-refractivity contribution in [1.82, 2.24) is 4.98 Å². The van der Waals surface area contributed by atoms with Crippen molar-refractivity contribution >= 4 is 44.4 Å². The van der Waals surface area contributed by atoms with Crippen LogP contribution in [-0.2, 0) is 0 Å². The molecule has 0 fully saturated rings. The first-order valence-corrected chi connectivity index (χ1v) is 5.45. The van der Waals surface area contributed by atoms with Crippen molar-refractivity contribution in [3.05, 3.63) is 16.5 Å². The van der Waals surface area contributed by atoms with Crippen molar-refractivity contribution in [1.29, 1.82) is 0 Å². The number of nitrogens with two attached hydrogens (primary N) is 2. The van der Waals surface area contributed by atoms with Crippen LogP contribution in [0, 0.1) is 0 Å². The van der Waals surface area contributed by atoms with E-state index in [0.717, 1.165) is 14.9 Å². The molecule has 2 aromatic rings. The molecule has 0 atom stereocenters. The summed E-state index contributed by atoms with van der Waals surface area (Å²) in [5.41, 5.74) is 12.0. The summed E-state index contributed by atoms with van der Waals surface area (Å²) in [6.45, 7) is 0. The standard InChI is InChI=1S/C7H6ClN3S2/c8-4-2-1-3(12-4)5-6(9)13-7(10)11-5/h1-2H,9H2,(H2,10,11). The van der Waals surface area contributed by atoms with Crippen molar-refractivity contribution < 1.29 is 0 Å². The first-order chi connectivity index (χ1) is 6.16. The van der Waals surface area contributed by atoms with E-state index < -0.39 is 0 Å². The molecule has 2 aromatic heterocycles. The number of anilines is 2. The lowest BCUT2D eigenvalue weighted by Crippen LogP contribution is -1.83. The molecule has 0 amide bonds. The van der Waals surface area contributed by atoms with E-state index in [1.54, 1.807) is 0 Å². The lowest BCUT2D eigenvalue weighted by atomic mass is 10.4. The van der Waals surface area contributed by atoms with Gasteiger partial charge in [-0.05, 0) is 12.1 Å². The molecule has 0 aliphatic heterocycles. The summed E-state index contributed by atoms with van der Waals surface area (Å²) in [5.74, 6) is 0. The third kappa shape index (κ3) is 1.63. The second kappa shape index (κ2) is 3.17. The van der Waals surface area contributed by atoms with Crippen LogP contribution in [0.4, 0.5) is 10.1 Å².